The second-order valence-electron chi connectivity index (χ2n) is 8.09. The average Bonchev–Trinajstić information content (AvgIpc) is 2.72. The van der Waals surface area contributed by atoms with Gasteiger partial charge in [-0.2, -0.15) is 0 Å². The fourth-order valence-electron chi connectivity index (χ4n) is 4.54. The third-order valence-corrected chi connectivity index (χ3v) is 6.12. The number of carbonyl (C=O) groups excluding carboxylic acids is 1. The Morgan fingerprint density at radius 1 is 1.23 bits per heavy atom. The summed E-state index contributed by atoms with van der Waals surface area (Å²) in [6.07, 6.45) is 8.48. The van der Waals surface area contributed by atoms with Crippen molar-refractivity contribution in [1.82, 2.24) is 4.90 Å². The van der Waals surface area contributed by atoms with Crippen LogP contribution in [-0.4, -0.2) is 45.0 Å². The minimum Gasteiger partial charge on any atom is -0.481 e. The van der Waals surface area contributed by atoms with Crippen molar-refractivity contribution in [3.63, 3.8) is 0 Å². The Hall–Kier alpha value is -2.93. The monoisotopic (exact) mass is 412 g/mol. The van der Waals surface area contributed by atoms with E-state index in [9.17, 15) is 24.6 Å². The molecule has 1 aliphatic heterocycles. The summed E-state index contributed by atoms with van der Waals surface area (Å²) >= 11 is 0. The Morgan fingerprint density at radius 3 is 2.63 bits per heavy atom. The first-order chi connectivity index (χ1) is 14.3. The molecule has 0 spiro atoms. The molecule has 7 heteroatoms. The van der Waals surface area contributed by atoms with Crippen LogP contribution in [0.15, 0.2) is 54.3 Å². The number of hydrogen-bond donors (Lipinski definition) is 3. The van der Waals surface area contributed by atoms with E-state index in [2.05, 4.69) is 0 Å². The normalized spacial score (nSPS) is 25.0. The van der Waals surface area contributed by atoms with Crippen LogP contribution in [0.25, 0.3) is 0 Å². The number of nitrogens with zero attached hydrogens (tertiary/aromatic N) is 1. The summed E-state index contributed by atoms with van der Waals surface area (Å²) in [6.45, 7) is -0.529. The largest absolute Gasteiger partial charge is 0.481 e. The lowest BCUT2D eigenvalue weighted by atomic mass is 9.73. The molecule has 2 aliphatic rings. The summed E-state index contributed by atoms with van der Waals surface area (Å²) < 4.78 is 0. The second kappa shape index (κ2) is 9.26. The molecule has 1 amide bonds. The van der Waals surface area contributed by atoms with E-state index in [0.29, 0.717) is 18.5 Å². The topological polar surface area (TPSA) is 121 Å². The van der Waals surface area contributed by atoms with E-state index in [1.807, 2.05) is 36.4 Å². The molecule has 30 heavy (non-hydrogen) atoms. The minimum atomic E-state index is -1.66. The van der Waals surface area contributed by atoms with Gasteiger partial charge in [-0.25, -0.2) is 0 Å². The Morgan fingerprint density at radius 2 is 1.97 bits per heavy atom. The van der Waals surface area contributed by atoms with Crippen LogP contribution in [-0.2, 0) is 20.8 Å². The lowest BCUT2D eigenvalue weighted by molar-refractivity contribution is -0.154. The van der Waals surface area contributed by atoms with Gasteiger partial charge in [0.2, 0.25) is 5.91 Å². The van der Waals surface area contributed by atoms with E-state index in [1.165, 1.54) is 4.90 Å². The lowest BCUT2D eigenvalue weighted by Gasteiger charge is -2.42. The maximum absolute atomic E-state index is 13.6. The zero-order valence-electron chi connectivity index (χ0n) is 16.9. The molecule has 0 bridgehead atoms. The lowest BCUT2D eigenvalue weighted by Crippen LogP contribution is -2.63. The molecule has 3 atom stereocenters. The number of aryl methyl sites for hydroxylation is 1. The number of likely N-dealkylation sites (tertiary alicyclic amines) is 1. The highest BCUT2D eigenvalue weighted by Gasteiger charge is 2.49. The Kier molecular flexibility index (Phi) is 6.72. The number of benzene rings is 1. The van der Waals surface area contributed by atoms with Crippen LogP contribution in [0.5, 0.6) is 0 Å². The highest BCUT2D eigenvalue weighted by molar-refractivity contribution is 5.94. The molecule has 1 aromatic carbocycles. The van der Waals surface area contributed by atoms with Gasteiger partial charge in [0.25, 0.3) is 0 Å². The average molecular weight is 412 g/mol. The number of nitrogens with two attached hydrogens (primary N) is 1. The van der Waals surface area contributed by atoms with Gasteiger partial charge >= 0.3 is 11.9 Å². The van der Waals surface area contributed by atoms with Gasteiger partial charge in [0.15, 0.2) is 0 Å². The van der Waals surface area contributed by atoms with Gasteiger partial charge in [-0.3, -0.25) is 14.4 Å². The number of aliphatic carboxylic acids is 2. The smallest absolute Gasteiger partial charge is 0.323 e. The predicted octanol–water partition coefficient (Wildman–Crippen LogP) is 2.57. The molecular formula is C23H28N2O5. The third kappa shape index (κ3) is 4.62. The molecule has 0 saturated carbocycles. The quantitative estimate of drug-likeness (QED) is 0.633. The fourth-order valence-corrected chi connectivity index (χ4v) is 4.54. The number of rotatable bonds is 7. The molecule has 3 rings (SSSR count). The van der Waals surface area contributed by atoms with Crippen molar-refractivity contribution in [2.24, 2.45) is 17.6 Å². The summed E-state index contributed by atoms with van der Waals surface area (Å²) in [6, 6.07) is 9.45. The number of hydrogen-bond acceptors (Lipinski definition) is 4. The zero-order valence-corrected chi connectivity index (χ0v) is 16.9. The number of carboxylic acids is 2. The number of fused-ring (bicyclic) bond motifs is 1. The van der Waals surface area contributed by atoms with Crippen LogP contribution in [0, 0.1) is 11.8 Å². The van der Waals surface area contributed by atoms with Gasteiger partial charge in [0, 0.05) is 11.6 Å². The van der Waals surface area contributed by atoms with E-state index >= 15 is 0 Å². The minimum absolute atomic E-state index is 0.0375. The molecule has 3 unspecified atom stereocenters. The number of amides is 1. The molecular weight excluding hydrogens is 384 g/mol. The molecule has 4 N–H and O–H groups in total. The van der Waals surface area contributed by atoms with Crippen LogP contribution >= 0.6 is 0 Å². The maximum atomic E-state index is 13.6. The van der Waals surface area contributed by atoms with Crippen LogP contribution in [0.3, 0.4) is 0 Å². The van der Waals surface area contributed by atoms with Crippen LogP contribution in [0.4, 0.5) is 0 Å². The van der Waals surface area contributed by atoms with Crippen molar-refractivity contribution in [2.75, 3.05) is 6.54 Å². The van der Waals surface area contributed by atoms with Gasteiger partial charge in [-0.15, -0.1) is 0 Å². The standard InChI is InChI=1S/C23H28N2O5/c24-23(18(21(28)29)13-12-16-7-2-1-3-8-16)14-6-10-17-9-4-5-11-19(17)25(22(23)30)15-20(26)27/h1-5,7-8,11,17-18H,6,9-10,12-15,24H2,(H,26,27)(H,28,29). The predicted molar refractivity (Wildman–Crippen MR) is 111 cm³/mol. The van der Waals surface area contributed by atoms with E-state index in [4.69, 9.17) is 5.73 Å². The Bertz CT molecular complexity index is 864. The molecule has 1 heterocycles. The van der Waals surface area contributed by atoms with Crippen LogP contribution in [0.2, 0.25) is 0 Å². The second-order valence-corrected chi connectivity index (χ2v) is 8.09. The fraction of sp³-hybridized carbons (Fsp3) is 0.435. The summed E-state index contributed by atoms with van der Waals surface area (Å²) in [5.41, 5.74) is 6.48. The van der Waals surface area contributed by atoms with Gasteiger partial charge in [-0.05, 0) is 43.7 Å². The highest BCUT2D eigenvalue weighted by Crippen LogP contribution is 2.37. The van der Waals surface area contributed by atoms with Crippen molar-refractivity contribution in [3.8, 4) is 0 Å². The molecule has 0 radical (unpaired) electrons. The van der Waals surface area contributed by atoms with Crippen molar-refractivity contribution in [3.05, 3.63) is 59.8 Å². The van der Waals surface area contributed by atoms with Crippen LogP contribution < -0.4 is 5.73 Å². The Labute approximate surface area is 175 Å². The third-order valence-electron chi connectivity index (χ3n) is 6.12. The number of carboxylic acid groups (broad SMARTS) is 2. The van der Waals surface area contributed by atoms with E-state index < -0.39 is 35.8 Å². The molecule has 1 aliphatic carbocycles. The Balaban J connectivity index is 1.93. The maximum Gasteiger partial charge on any atom is 0.323 e. The summed E-state index contributed by atoms with van der Waals surface area (Å²) in [5, 5.41) is 19.4. The summed E-state index contributed by atoms with van der Waals surface area (Å²) in [7, 11) is 0. The molecule has 7 nitrogen and oxygen atoms in total. The molecule has 160 valence electrons. The molecule has 1 aromatic rings. The van der Waals surface area contributed by atoms with Crippen molar-refractivity contribution in [2.45, 2.75) is 44.1 Å². The first-order valence-corrected chi connectivity index (χ1v) is 10.3. The van der Waals surface area contributed by atoms with Gasteiger partial charge in [0.1, 0.15) is 12.1 Å². The summed E-state index contributed by atoms with van der Waals surface area (Å²) in [5.74, 6) is -3.98. The van der Waals surface area contributed by atoms with Gasteiger partial charge in [-0.1, -0.05) is 48.9 Å². The van der Waals surface area contributed by atoms with E-state index in [-0.39, 0.29) is 18.8 Å². The first-order valence-electron chi connectivity index (χ1n) is 10.3. The van der Waals surface area contributed by atoms with Crippen molar-refractivity contribution < 1.29 is 24.6 Å². The first kappa shape index (κ1) is 21.8. The van der Waals surface area contributed by atoms with Gasteiger partial charge < -0.3 is 20.8 Å². The van der Waals surface area contributed by atoms with Crippen molar-refractivity contribution >= 4 is 17.8 Å². The summed E-state index contributed by atoms with van der Waals surface area (Å²) in [4.78, 5) is 38.5. The van der Waals surface area contributed by atoms with E-state index in [1.54, 1.807) is 12.2 Å². The van der Waals surface area contributed by atoms with Gasteiger partial charge in [0.05, 0.1) is 5.92 Å². The van der Waals surface area contributed by atoms with E-state index in [0.717, 1.165) is 18.4 Å². The SMILES string of the molecule is NC1(C(CCc2ccccc2)C(=O)O)CCCC2CC=CC=C2N(CC(=O)O)C1=O. The molecule has 0 aromatic heterocycles. The zero-order chi connectivity index (χ0) is 21.7. The van der Waals surface area contributed by atoms with Crippen LogP contribution in [0.1, 0.15) is 37.7 Å². The van der Waals surface area contributed by atoms with Crippen molar-refractivity contribution in [1.29, 1.82) is 0 Å². The molecule has 1 fully saturated rings. The number of allylic oxidation sites excluding steroid dienone is 4. The molecule has 1 saturated heterocycles. The number of carbonyl (C=O) groups is 3. The highest BCUT2D eigenvalue weighted by atomic mass is 16.4.